The molecule has 3 N–H and O–H groups in total. The molecular formula is C27H27Cl2F2N7OS. The fourth-order valence-corrected chi connectivity index (χ4v) is 7.72. The van der Waals surface area contributed by atoms with E-state index in [1.165, 1.54) is 6.07 Å². The number of likely N-dealkylation sites (N-methyl/N-ethyl adjacent to an activating group) is 1. The quantitative estimate of drug-likeness (QED) is 0.317. The van der Waals surface area contributed by atoms with Crippen LogP contribution in [0.2, 0.25) is 10.0 Å². The highest BCUT2D eigenvalue weighted by Crippen LogP contribution is 2.45. The number of alkyl halides is 1. The Labute approximate surface area is 243 Å². The van der Waals surface area contributed by atoms with Gasteiger partial charge in [0.2, 0.25) is 0 Å². The summed E-state index contributed by atoms with van der Waals surface area (Å²) in [6, 6.07) is 5.60. The van der Waals surface area contributed by atoms with E-state index in [9.17, 15) is 8.78 Å². The van der Waals surface area contributed by atoms with E-state index < -0.39 is 12.0 Å². The number of piperazine rings is 1. The smallest absolute Gasteiger partial charge is 0.319 e. The minimum absolute atomic E-state index is 0.0772. The average molecular weight is 607 g/mol. The number of fused-ring (bicyclic) bond motifs is 4. The van der Waals surface area contributed by atoms with Crippen LogP contribution >= 0.6 is 34.5 Å². The first-order chi connectivity index (χ1) is 19.2. The predicted octanol–water partition coefficient (Wildman–Crippen LogP) is 5.30. The van der Waals surface area contributed by atoms with Crippen LogP contribution < -0.4 is 20.7 Å². The molecule has 210 valence electrons. The van der Waals surface area contributed by atoms with E-state index in [1.54, 1.807) is 6.07 Å². The number of halogens is 4. The number of anilines is 2. The molecule has 0 spiro atoms. The standard InChI is InChI=1S/C27H27Cl2F2N7OS/c1-37-8-12(30)6-15(37)11-39-27-35-22-17(25(36-27)38-9-13-2-3-14(10-38)33-13)7-18(28)20(21(22)29)16-4-5-19(31)24-23(16)34-26(32)40-24/h4-5,7,12-15,33H,2-3,6,8-11H2,1H3,(H2,32,34)/t12-,13?,14?,15+/m1/s1. The van der Waals surface area contributed by atoms with Gasteiger partial charge in [0.1, 0.15) is 24.4 Å². The van der Waals surface area contributed by atoms with Crippen LogP contribution in [0.5, 0.6) is 6.01 Å². The number of ether oxygens (including phenoxy) is 1. The third-order valence-corrected chi connectivity index (χ3v) is 9.74. The molecule has 3 aliphatic rings. The molecule has 7 rings (SSSR count). The van der Waals surface area contributed by atoms with Crippen LogP contribution in [0.4, 0.5) is 19.7 Å². The molecule has 13 heteroatoms. The molecule has 8 nitrogen and oxygen atoms in total. The number of benzene rings is 2. The second-order valence-corrected chi connectivity index (χ2v) is 12.7. The van der Waals surface area contributed by atoms with Crippen LogP contribution in [0.25, 0.3) is 32.2 Å². The lowest BCUT2D eigenvalue weighted by molar-refractivity contribution is 0.188. The van der Waals surface area contributed by atoms with Crippen LogP contribution in [0, 0.1) is 5.82 Å². The lowest BCUT2D eigenvalue weighted by atomic mass is 10.0. The Balaban J connectivity index is 1.37. The van der Waals surface area contributed by atoms with Gasteiger partial charge in [0, 0.05) is 54.3 Å². The van der Waals surface area contributed by atoms with Crippen molar-refractivity contribution in [2.75, 3.05) is 43.9 Å². The number of nitrogens with two attached hydrogens (primary N) is 1. The van der Waals surface area contributed by atoms with Crippen molar-refractivity contribution in [3.8, 4) is 17.1 Å². The second-order valence-electron chi connectivity index (χ2n) is 10.9. The largest absolute Gasteiger partial charge is 0.462 e. The first-order valence-corrected chi connectivity index (χ1v) is 14.8. The highest BCUT2D eigenvalue weighted by molar-refractivity contribution is 7.22. The van der Waals surface area contributed by atoms with E-state index in [-0.39, 0.29) is 28.8 Å². The van der Waals surface area contributed by atoms with E-state index in [2.05, 4.69) is 15.2 Å². The summed E-state index contributed by atoms with van der Waals surface area (Å²) in [7, 11) is 1.89. The van der Waals surface area contributed by atoms with Gasteiger partial charge in [0.15, 0.2) is 5.13 Å². The zero-order valence-corrected chi connectivity index (χ0v) is 24.0. The molecule has 0 amide bonds. The lowest BCUT2D eigenvalue weighted by Gasteiger charge is -2.34. The number of rotatable bonds is 5. The van der Waals surface area contributed by atoms with Gasteiger partial charge in [-0.2, -0.15) is 9.97 Å². The van der Waals surface area contributed by atoms with E-state index in [1.807, 2.05) is 18.0 Å². The molecule has 40 heavy (non-hydrogen) atoms. The molecule has 2 unspecified atom stereocenters. The molecule has 0 aliphatic carbocycles. The fraction of sp³-hybridized carbons (Fsp3) is 0.444. The molecule has 2 aromatic carbocycles. The number of aromatic nitrogens is 3. The Kier molecular flexibility index (Phi) is 6.62. The van der Waals surface area contributed by atoms with Crippen molar-refractivity contribution in [3.63, 3.8) is 0 Å². The molecule has 2 aromatic heterocycles. The number of nitrogens with one attached hydrogen (secondary N) is 1. The van der Waals surface area contributed by atoms with E-state index in [4.69, 9.17) is 43.6 Å². The van der Waals surface area contributed by atoms with Gasteiger partial charge >= 0.3 is 6.01 Å². The van der Waals surface area contributed by atoms with Crippen LogP contribution in [-0.4, -0.2) is 77.4 Å². The Morgan fingerprint density at radius 1 is 1.12 bits per heavy atom. The van der Waals surface area contributed by atoms with Crippen LogP contribution in [-0.2, 0) is 0 Å². The summed E-state index contributed by atoms with van der Waals surface area (Å²) in [5, 5.41) is 5.25. The maximum Gasteiger partial charge on any atom is 0.319 e. The topological polar surface area (TPSA) is 92.4 Å². The SMILES string of the molecule is CN1C[C@H](F)C[C@H]1COc1nc(N2CC3CCC(C2)N3)c2cc(Cl)c(-c3ccc(F)c4sc(N)nc34)c(Cl)c2n1. The van der Waals surface area contributed by atoms with Crippen molar-refractivity contribution in [1.29, 1.82) is 0 Å². The summed E-state index contributed by atoms with van der Waals surface area (Å²) in [5.74, 6) is 0.279. The van der Waals surface area contributed by atoms with Gasteiger partial charge in [-0.3, -0.25) is 4.90 Å². The Morgan fingerprint density at radius 3 is 2.62 bits per heavy atom. The Hall–Kier alpha value is -2.57. The molecule has 4 aromatic rings. The molecule has 5 heterocycles. The van der Waals surface area contributed by atoms with Crippen molar-refractivity contribution in [3.05, 3.63) is 34.1 Å². The van der Waals surface area contributed by atoms with Gasteiger partial charge in [-0.15, -0.1) is 0 Å². The third kappa shape index (κ3) is 4.52. The zero-order chi connectivity index (χ0) is 27.7. The summed E-state index contributed by atoms with van der Waals surface area (Å²) < 4.78 is 35.0. The van der Waals surface area contributed by atoms with Gasteiger partial charge < -0.3 is 20.7 Å². The van der Waals surface area contributed by atoms with Gasteiger partial charge in [-0.05, 0) is 44.5 Å². The number of likely N-dealkylation sites (tertiary alicyclic amines) is 1. The summed E-state index contributed by atoms with van der Waals surface area (Å²) in [5.41, 5.74) is 7.83. The maximum atomic E-state index is 14.6. The molecule has 0 radical (unpaired) electrons. The minimum Gasteiger partial charge on any atom is -0.462 e. The Bertz CT molecular complexity index is 1630. The molecule has 3 aliphatic heterocycles. The van der Waals surface area contributed by atoms with Crippen molar-refractivity contribution in [1.82, 2.24) is 25.2 Å². The van der Waals surface area contributed by atoms with Crippen molar-refractivity contribution in [2.45, 2.75) is 43.6 Å². The summed E-state index contributed by atoms with van der Waals surface area (Å²) in [4.78, 5) is 18.1. The highest BCUT2D eigenvalue weighted by atomic mass is 35.5. The molecular weight excluding hydrogens is 579 g/mol. The molecule has 0 saturated carbocycles. The maximum absolute atomic E-state index is 14.6. The molecule has 3 saturated heterocycles. The molecule has 3 fully saturated rings. The fourth-order valence-electron chi connectivity index (χ4n) is 6.25. The first-order valence-electron chi connectivity index (χ1n) is 13.3. The minimum atomic E-state index is -0.880. The molecule has 4 atom stereocenters. The third-order valence-electron chi connectivity index (χ3n) is 8.18. The number of thiazole rings is 1. The second kappa shape index (κ2) is 10.1. The van der Waals surface area contributed by atoms with Crippen molar-refractivity contribution >= 4 is 66.6 Å². The summed E-state index contributed by atoms with van der Waals surface area (Å²) in [6.45, 7) is 2.20. The van der Waals surface area contributed by atoms with E-state index >= 15 is 0 Å². The summed E-state index contributed by atoms with van der Waals surface area (Å²) in [6.07, 6.45) is 1.73. The Morgan fingerprint density at radius 2 is 1.90 bits per heavy atom. The molecule has 2 bridgehead atoms. The van der Waals surface area contributed by atoms with Crippen LogP contribution in [0.3, 0.4) is 0 Å². The van der Waals surface area contributed by atoms with E-state index in [0.717, 1.165) is 37.3 Å². The van der Waals surface area contributed by atoms with Crippen LogP contribution in [0.1, 0.15) is 19.3 Å². The normalized spacial score (nSPS) is 25.0. The number of hydrogen-bond donors (Lipinski definition) is 2. The van der Waals surface area contributed by atoms with Gasteiger partial charge in [-0.25, -0.2) is 13.8 Å². The predicted molar refractivity (Wildman–Crippen MR) is 156 cm³/mol. The van der Waals surface area contributed by atoms with E-state index in [0.29, 0.717) is 68.1 Å². The van der Waals surface area contributed by atoms with Crippen LogP contribution in [0.15, 0.2) is 18.2 Å². The van der Waals surface area contributed by atoms with Crippen molar-refractivity contribution < 1.29 is 13.5 Å². The highest BCUT2D eigenvalue weighted by Gasteiger charge is 2.35. The van der Waals surface area contributed by atoms with Crippen molar-refractivity contribution in [2.24, 2.45) is 0 Å². The monoisotopic (exact) mass is 605 g/mol. The summed E-state index contributed by atoms with van der Waals surface area (Å²) >= 11 is 15.0. The van der Waals surface area contributed by atoms with Gasteiger partial charge in [0.25, 0.3) is 0 Å². The average Bonchev–Trinajstić information content (AvgIpc) is 3.58. The number of nitrogen functional groups attached to an aromatic ring is 1. The number of hydrogen-bond acceptors (Lipinski definition) is 9. The first kappa shape index (κ1) is 26.3. The van der Waals surface area contributed by atoms with Gasteiger partial charge in [-0.1, -0.05) is 34.5 Å². The lowest BCUT2D eigenvalue weighted by Crippen LogP contribution is -2.51. The van der Waals surface area contributed by atoms with Gasteiger partial charge in [0.05, 0.1) is 25.8 Å². The number of nitrogens with zero attached hydrogens (tertiary/aromatic N) is 5. The zero-order valence-electron chi connectivity index (χ0n) is 21.6.